The van der Waals surface area contributed by atoms with E-state index in [0.29, 0.717) is 15.6 Å². The maximum absolute atomic E-state index is 12.5. The summed E-state index contributed by atoms with van der Waals surface area (Å²) in [7, 11) is 0. The van der Waals surface area contributed by atoms with E-state index in [0.717, 1.165) is 22.9 Å². The number of carbonyl (C=O) groups is 2. The average Bonchev–Trinajstić information content (AvgIpc) is 2.76. The molecule has 2 rings (SSSR count). The Morgan fingerprint density at radius 3 is 2.61 bits per heavy atom. The third-order valence-corrected chi connectivity index (χ3v) is 4.69. The predicted molar refractivity (Wildman–Crippen MR) is 96.9 cm³/mol. The van der Waals surface area contributed by atoms with E-state index in [2.05, 4.69) is 0 Å². The first-order valence-electron chi connectivity index (χ1n) is 7.17. The lowest BCUT2D eigenvalue weighted by Gasteiger charge is -2.21. The summed E-state index contributed by atoms with van der Waals surface area (Å²) in [6.07, 6.45) is 4.02. The lowest BCUT2D eigenvalue weighted by molar-refractivity contribution is -0.145. The van der Waals surface area contributed by atoms with Crippen LogP contribution in [0.2, 0.25) is 0 Å². The van der Waals surface area contributed by atoms with E-state index in [9.17, 15) is 14.7 Å². The SMILES string of the molecule is CCC(C(=O)O)N1C(=O)/C(=C/C(C)=C/c2ccccc2)SC1=S. The highest BCUT2D eigenvalue weighted by Crippen LogP contribution is 2.34. The van der Waals surface area contributed by atoms with Gasteiger partial charge in [-0.2, -0.15) is 0 Å². The number of thiocarbonyl (C=S) groups is 1. The number of carboxylic acid groups (broad SMARTS) is 1. The van der Waals surface area contributed by atoms with E-state index in [1.807, 2.05) is 43.3 Å². The number of thioether (sulfide) groups is 1. The number of hydrogen-bond acceptors (Lipinski definition) is 4. The zero-order chi connectivity index (χ0) is 17.0. The molecule has 1 N–H and O–H groups in total. The molecule has 1 amide bonds. The van der Waals surface area contributed by atoms with Gasteiger partial charge in [-0.3, -0.25) is 9.69 Å². The Kier molecular flexibility index (Phi) is 5.74. The maximum Gasteiger partial charge on any atom is 0.326 e. The summed E-state index contributed by atoms with van der Waals surface area (Å²) in [4.78, 5) is 25.4. The molecule has 6 heteroatoms. The van der Waals surface area contributed by atoms with E-state index in [-0.39, 0.29) is 5.91 Å². The summed E-state index contributed by atoms with van der Waals surface area (Å²) < 4.78 is 0.294. The van der Waals surface area contributed by atoms with Gasteiger partial charge >= 0.3 is 5.97 Å². The summed E-state index contributed by atoms with van der Waals surface area (Å²) in [6.45, 7) is 3.62. The molecular weight excluding hydrogens is 330 g/mol. The fourth-order valence-electron chi connectivity index (χ4n) is 2.28. The summed E-state index contributed by atoms with van der Waals surface area (Å²) in [5, 5.41) is 9.24. The Morgan fingerprint density at radius 2 is 2.04 bits per heavy atom. The minimum atomic E-state index is -1.04. The van der Waals surface area contributed by atoms with Crippen LogP contribution in [0.15, 0.2) is 46.9 Å². The van der Waals surface area contributed by atoms with Crippen molar-refractivity contribution in [1.82, 2.24) is 4.90 Å². The molecule has 4 nitrogen and oxygen atoms in total. The van der Waals surface area contributed by atoms with Crippen molar-refractivity contribution in [2.24, 2.45) is 0 Å². The lowest BCUT2D eigenvalue weighted by Crippen LogP contribution is -2.43. The molecule has 1 aliphatic rings. The molecule has 0 aliphatic carbocycles. The first-order chi connectivity index (χ1) is 10.9. The molecule has 0 radical (unpaired) electrons. The van der Waals surface area contributed by atoms with Gasteiger partial charge in [-0.15, -0.1) is 0 Å². The van der Waals surface area contributed by atoms with Crippen LogP contribution in [0.4, 0.5) is 0 Å². The standard InChI is InChI=1S/C17H17NO3S2/c1-3-13(16(20)21)18-15(19)14(23-17(18)22)10-11(2)9-12-7-5-4-6-8-12/h4-10,13H,3H2,1-2H3,(H,20,21)/b11-9+,14-10-. The van der Waals surface area contributed by atoms with Crippen LogP contribution in [0.3, 0.4) is 0 Å². The largest absolute Gasteiger partial charge is 0.480 e. The van der Waals surface area contributed by atoms with Crippen molar-refractivity contribution in [2.75, 3.05) is 0 Å². The van der Waals surface area contributed by atoms with Gasteiger partial charge in [0.05, 0.1) is 4.91 Å². The average molecular weight is 347 g/mol. The molecule has 0 saturated carbocycles. The summed E-state index contributed by atoms with van der Waals surface area (Å²) in [6, 6.07) is 8.86. The summed E-state index contributed by atoms with van der Waals surface area (Å²) in [5.41, 5.74) is 1.94. The molecule has 1 fully saturated rings. The molecule has 0 spiro atoms. The number of carbonyl (C=O) groups excluding carboxylic acids is 1. The van der Waals surface area contributed by atoms with E-state index in [4.69, 9.17) is 12.2 Å². The minimum Gasteiger partial charge on any atom is -0.480 e. The van der Waals surface area contributed by atoms with E-state index < -0.39 is 12.0 Å². The summed E-state index contributed by atoms with van der Waals surface area (Å²) >= 11 is 6.33. The van der Waals surface area contributed by atoms with E-state index in [1.54, 1.807) is 13.0 Å². The van der Waals surface area contributed by atoms with Crippen LogP contribution in [0.5, 0.6) is 0 Å². The molecular formula is C17H17NO3S2. The number of nitrogens with zero attached hydrogens (tertiary/aromatic N) is 1. The van der Waals surface area contributed by atoms with Gasteiger partial charge in [-0.05, 0) is 30.6 Å². The van der Waals surface area contributed by atoms with E-state index >= 15 is 0 Å². The molecule has 1 unspecified atom stereocenters. The van der Waals surface area contributed by atoms with Crippen molar-refractivity contribution in [1.29, 1.82) is 0 Å². The van der Waals surface area contributed by atoms with Gasteiger partial charge in [-0.1, -0.05) is 67.3 Å². The van der Waals surface area contributed by atoms with Crippen LogP contribution in [0.1, 0.15) is 25.8 Å². The Bertz CT molecular complexity index is 695. The number of rotatable bonds is 5. The van der Waals surface area contributed by atoms with Crippen molar-refractivity contribution < 1.29 is 14.7 Å². The highest BCUT2D eigenvalue weighted by atomic mass is 32.2. The highest BCUT2D eigenvalue weighted by molar-refractivity contribution is 8.26. The molecule has 120 valence electrons. The Labute approximate surface area is 144 Å². The smallest absolute Gasteiger partial charge is 0.326 e. The zero-order valence-corrected chi connectivity index (χ0v) is 14.5. The number of aliphatic carboxylic acids is 1. The molecule has 23 heavy (non-hydrogen) atoms. The van der Waals surface area contributed by atoms with Crippen molar-refractivity contribution in [2.45, 2.75) is 26.3 Å². The molecule has 0 aromatic heterocycles. The number of amides is 1. The van der Waals surface area contributed by atoms with Crippen molar-refractivity contribution >= 4 is 46.3 Å². The minimum absolute atomic E-state index is 0.294. The van der Waals surface area contributed by atoms with Gasteiger partial charge in [0.15, 0.2) is 0 Å². The van der Waals surface area contributed by atoms with Gasteiger partial charge in [0.2, 0.25) is 0 Å². The Morgan fingerprint density at radius 1 is 1.39 bits per heavy atom. The predicted octanol–water partition coefficient (Wildman–Crippen LogP) is 3.70. The van der Waals surface area contributed by atoms with Gasteiger partial charge in [0.1, 0.15) is 10.4 Å². The number of benzene rings is 1. The first-order valence-corrected chi connectivity index (χ1v) is 8.39. The normalized spacial score (nSPS) is 18.6. The lowest BCUT2D eigenvalue weighted by atomic mass is 10.1. The second-order valence-corrected chi connectivity index (χ2v) is 6.79. The third kappa shape index (κ3) is 4.09. The second-order valence-electron chi connectivity index (χ2n) is 5.11. The van der Waals surface area contributed by atoms with Crippen LogP contribution in [-0.2, 0) is 9.59 Å². The molecule has 1 aromatic carbocycles. The molecule has 1 aliphatic heterocycles. The topological polar surface area (TPSA) is 57.6 Å². The van der Waals surface area contributed by atoms with Crippen LogP contribution in [-0.4, -0.2) is 32.2 Å². The Hall–Kier alpha value is -1.92. The molecule has 1 atom stereocenters. The number of allylic oxidation sites excluding steroid dienone is 2. The zero-order valence-electron chi connectivity index (χ0n) is 12.9. The molecule has 1 heterocycles. The Balaban J connectivity index is 2.25. The van der Waals surface area contributed by atoms with Gasteiger partial charge in [-0.25, -0.2) is 4.79 Å². The fourth-order valence-corrected chi connectivity index (χ4v) is 3.68. The number of hydrogen-bond donors (Lipinski definition) is 1. The van der Waals surface area contributed by atoms with Crippen molar-refractivity contribution in [3.63, 3.8) is 0 Å². The molecule has 1 aromatic rings. The van der Waals surface area contributed by atoms with Crippen LogP contribution < -0.4 is 0 Å². The summed E-state index contributed by atoms with van der Waals surface area (Å²) in [5.74, 6) is -1.38. The molecule has 1 saturated heterocycles. The highest BCUT2D eigenvalue weighted by Gasteiger charge is 2.39. The van der Waals surface area contributed by atoms with Gasteiger partial charge < -0.3 is 5.11 Å². The van der Waals surface area contributed by atoms with Gasteiger partial charge in [0.25, 0.3) is 5.91 Å². The third-order valence-electron chi connectivity index (χ3n) is 3.36. The van der Waals surface area contributed by atoms with Crippen molar-refractivity contribution in [3.8, 4) is 0 Å². The van der Waals surface area contributed by atoms with Crippen LogP contribution >= 0.6 is 24.0 Å². The van der Waals surface area contributed by atoms with Crippen molar-refractivity contribution in [3.05, 3.63) is 52.4 Å². The molecule has 0 bridgehead atoms. The maximum atomic E-state index is 12.5. The second kappa shape index (κ2) is 7.57. The van der Waals surface area contributed by atoms with Crippen LogP contribution in [0.25, 0.3) is 6.08 Å². The quantitative estimate of drug-likeness (QED) is 0.650. The fraction of sp³-hybridized carbons (Fsp3) is 0.235. The van der Waals surface area contributed by atoms with E-state index in [1.165, 1.54) is 4.90 Å². The number of carboxylic acids is 1. The monoisotopic (exact) mass is 347 g/mol. The van der Waals surface area contributed by atoms with Crippen LogP contribution in [0, 0.1) is 0 Å². The first kappa shape index (κ1) is 17.4. The van der Waals surface area contributed by atoms with Gasteiger partial charge in [0, 0.05) is 0 Å².